The Labute approximate surface area is 132 Å². The van der Waals surface area contributed by atoms with Crippen molar-refractivity contribution in [1.29, 1.82) is 0 Å². The van der Waals surface area contributed by atoms with E-state index in [4.69, 9.17) is 0 Å². The molecular weight excluding hydrogens is 328 g/mol. The molecule has 3 aromatic rings. The summed E-state index contributed by atoms with van der Waals surface area (Å²) in [5, 5.41) is 7.96. The van der Waals surface area contributed by atoms with Crippen LogP contribution in [0.3, 0.4) is 0 Å². The third kappa shape index (κ3) is 3.08. The van der Waals surface area contributed by atoms with E-state index in [1.54, 1.807) is 6.20 Å². The van der Waals surface area contributed by atoms with Gasteiger partial charge >= 0.3 is 0 Å². The lowest BCUT2D eigenvalue weighted by atomic mass is 10.1. The van der Waals surface area contributed by atoms with Gasteiger partial charge in [-0.05, 0) is 29.7 Å². The van der Waals surface area contributed by atoms with Crippen LogP contribution >= 0.6 is 15.9 Å². The number of anilines is 1. The monoisotopic (exact) mass is 344 g/mol. The molecule has 0 radical (unpaired) electrons. The molecule has 0 saturated heterocycles. The number of rotatable bonds is 4. The van der Waals surface area contributed by atoms with Crippen LogP contribution in [0.1, 0.15) is 31.0 Å². The Hall–Kier alpha value is -1.88. The van der Waals surface area contributed by atoms with Gasteiger partial charge in [-0.2, -0.15) is 5.10 Å². The van der Waals surface area contributed by atoms with E-state index in [1.807, 2.05) is 22.8 Å². The zero-order valence-electron chi connectivity index (χ0n) is 12.0. The molecule has 0 saturated carbocycles. The SMILES string of the molecule is CC(C)c1cc2c(NCc3ccc(Br)cc3)nccn2n1. The quantitative estimate of drug-likeness (QED) is 0.770. The third-order valence-electron chi connectivity index (χ3n) is 3.37. The van der Waals surface area contributed by atoms with Gasteiger partial charge in [-0.15, -0.1) is 0 Å². The molecule has 4 nitrogen and oxygen atoms in total. The molecule has 5 heteroatoms. The smallest absolute Gasteiger partial charge is 0.152 e. The van der Waals surface area contributed by atoms with Crippen LogP contribution in [0.2, 0.25) is 0 Å². The second kappa shape index (κ2) is 5.85. The lowest BCUT2D eigenvalue weighted by Crippen LogP contribution is -2.03. The highest BCUT2D eigenvalue weighted by atomic mass is 79.9. The van der Waals surface area contributed by atoms with Gasteiger partial charge in [0.1, 0.15) is 5.52 Å². The highest BCUT2D eigenvalue weighted by Gasteiger charge is 2.09. The van der Waals surface area contributed by atoms with Gasteiger partial charge in [-0.25, -0.2) is 9.50 Å². The Bertz CT molecular complexity index is 747. The maximum absolute atomic E-state index is 4.57. The van der Waals surface area contributed by atoms with Gasteiger partial charge < -0.3 is 5.32 Å². The van der Waals surface area contributed by atoms with Gasteiger partial charge in [0.15, 0.2) is 5.82 Å². The second-order valence-corrected chi connectivity index (χ2v) is 6.23. The van der Waals surface area contributed by atoms with Crippen LogP contribution in [-0.4, -0.2) is 14.6 Å². The normalized spacial score (nSPS) is 11.2. The highest BCUT2D eigenvalue weighted by molar-refractivity contribution is 9.10. The Balaban J connectivity index is 1.84. The molecule has 3 rings (SSSR count). The minimum atomic E-state index is 0.407. The first-order chi connectivity index (χ1) is 10.1. The molecule has 2 heterocycles. The number of halogens is 1. The van der Waals surface area contributed by atoms with E-state index in [-0.39, 0.29) is 0 Å². The molecule has 1 aromatic carbocycles. The van der Waals surface area contributed by atoms with Crippen molar-refractivity contribution in [2.75, 3.05) is 5.32 Å². The number of nitrogens with one attached hydrogen (secondary N) is 1. The van der Waals surface area contributed by atoms with Gasteiger partial charge in [0.05, 0.1) is 5.69 Å². The maximum atomic E-state index is 4.57. The Kier molecular flexibility index (Phi) is 3.92. The van der Waals surface area contributed by atoms with Gasteiger partial charge in [0, 0.05) is 23.4 Å². The van der Waals surface area contributed by atoms with Crippen molar-refractivity contribution >= 4 is 27.3 Å². The van der Waals surface area contributed by atoms with Crippen molar-refractivity contribution in [2.45, 2.75) is 26.3 Å². The van der Waals surface area contributed by atoms with E-state index in [9.17, 15) is 0 Å². The zero-order valence-corrected chi connectivity index (χ0v) is 13.6. The fraction of sp³-hybridized carbons (Fsp3) is 0.250. The lowest BCUT2D eigenvalue weighted by Gasteiger charge is -2.07. The molecule has 0 bridgehead atoms. The van der Waals surface area contributed by atoms with Crippen molar-refractivity contribution in [1.82, 2.24) is 14.6 Å². The van der Waals surface area contributed by atoms with Crippen molar-refractivity contribution in [2.24, 2.45) is 0 Å². The van der Waals surface area contributed by atoms with Gasteiger partial charge in [-0.1, -0.05) is 41.9 Å². The standard InChI is InChI=1S/C16H17BrN4/c1-11(2)14-9-15-16(18-7-8-21(15)20-14)19-10-12-3-5-13(17)6-4-12/h3-9,11H,10H2,1-2H3,(H,18,19). The molecule has 2 aromatic heterocycles. The number of hydrogen-bond donors (Lipinski definition) is 1. The largest absolute Gasteiger partial charge is 0.364 e. The van der Waals surface area contributed by atoms with Crippen molar-refractivity contribution < 1.29 is 0 Å². The third-order valence-corrected chi connectivity index (χ3v) is 3.90. The summed E-state index contributed by atoms with van der Waals surface area (Å²) in [5.41, 5.74) is 3.30. The number of fused-ring (bicyclic) bond motifs is 1. The van der Waals surface area contributed by atoms with Crippen molar-refractivity contribution in [3.63, 3.8) is 0 Å². The topological polar surface area (TPSA) is 42.2 Å². The van der Waals surface area contributed by atoms with Crippen LogP contribution in [0.15, 0.2) is 47.2 Å². The minimum absolute atomic E-state index is 0.407. The lowest BCUT2D eigenvalue weighted by molar-refractivity contribution is 0.787. The average Bonchev–Trinajstić information content (AvgIpc) is 2.91. The summed E-state index contributed by atoms with van der Waals surface area (Å²) in [5.74, 6) is 1.27. The number of benzene rings is 1. The minimum Gasteiger partial charge on any atom is -0.364 e. The molecule has 0 aliphatic carbocycles. The molecule has 0 unspecified atom stereocenters. The fourth-order valence-corrected chi connectivity index (χ4v) is 2.41. The summed E-state index contributed by atoms with van der Waals surface area (Å²) in [7, 11) is 0. The van der Waals surface area contributed by atoms with Crippen LogP contribution in [0, 0.1) is 0 Å². The molecule has 0 aliphatic rings. The van der Waals surface area contributed by atoms with E-state index in [2.05, 4.69) is 63.4 Å². The molecule has 0 atom stereocenters. The summed E-state index contributed by atoms with van der Waals surface area (Å²) in [6.45, 7) is 5.02. The van der Waals surface area contributed by atoms with Crippen molar-refractivity contribution in [3.8, 4) is 0 Å². The molecular formula is C16H17BrN4. The summed E-state index contributed by atoms with van der Waals surface area (Å²) >= 11 is 3.45. The Morgan fingerprint density at radius 1 is 1.24 bits per heavy atom. The zero-order chi connectivity index (χ0) is 14.8. The Morgan fingerprint density at radius 3 is 2.71 bits per heavy atom. The average molecular weight is 345 g/mol. The van der Waals surface area contributed by atoms with Crippen LogP contribution < -0.4 is 5.32 Å². The number of nitrogens with zero attached hydrogens (tertiary/aromatic N) is 3. The molecule has 0 aliphatic heterocycles. The van der Waals surface area contributed by atoms with Crippen LogP contribution in [0.4, 0.5) is 5.82 Å². The van der Waals surface area contributed by atoms with Crippen LogP contribution in [-0.2, 0) is 6.54 Å². The molecule has 0 amide bonds. The van der Waals surface area contributed by atoms with Gasteiger partial charge in [0.25, 0.3) is 0 Å². The molecule has 0 spiro atoms. The van der Waals surface area contributed by atoms with E-state index in [0.29, 0.717) is 5.92 Å². The predicted molar refractivity (Wildman–Crippen MR) is 88.5 cm³/mol. The fourth-order valence-electron chi connectivity index (χ4n) is 2.15. The Morgan fingerprint density at radius 2 is 2.00 bits per heavy atom. The molecule has 108 valence electrons. The van der Waals surface area contributed by atoms with Crippen molar-refractivity contribution in [3.05, 3.63) is 58.5 Å². The molecule has 21 heavy (non-hydrogen) atoms. The summed E-state index contributed by atoms with van der Waals surface area (Å²) in [4.78, 5) is 4.43. The first-order valence-corrected chi connectivity index (χ1v) is 7.75. The maximum Gasteiger partial charge on any atom is 0.152 e. The molecule has 0 fully saturated rings. The summed E-state index contributed by atoms with van der Waals surface area (Å²) < 4.78 is 2.97. The van der Waals surface area contributed by atoms with E-state index < -0.39 is 0 Å². The summed E-state index contributed by atoms with van der Waals surface area (Å²) in [6, 6.07) is 10.4. The highest BCUT2D eigenvalue weighted by Crippen LogP contribution is 2.20. The van der Waals surface area contributed by atoms with Crippen LogP contribution in [0.25, 0.3) is 5.52 Å². The first kappa shape index (κ1) is 14.1. The predicted octanol–water partition coefficient (Wildman–Crippen LogP) is 4.23. The van der Waals surface area contributed by atoms with Crippen LogP contribution in [0.5, 0.6) is 0 Å². The van der Waals surface area contributed by atoms with E-state index in [0.717, 1.165) is 28.0 Å². The summed E-state index contributed by atoms with van der Waals surface area (Å²) in [6.07, 6.45) is 3.65. The van der Waals surface area contributed by atoms with Gasteiger partial charge in [0.2, 0.25) is 0 Å². The van der Waals surface area contributed by atoms with E-state index in [1.165, 1.54) is 5.56 Å². The van der Waals surface area contributed by atoms with E-state index >= 15 is 0 Å². The number of aromatic nitrogens is 3. The first-order valence-electron chi connectivity index (χ1n) is 6.96. The second-order valence-electron chi connectivity index (χ2n) is 5.31. The van der Waals surface area contributed by atoms with Gasteiger partial charge in [-0.3, -0.25) is 0 Å². The number of hydrogen-bond acceptors (Lipinski definition) is 3. The molecule has 1 N–H and O–H groups in total.